The van der Waals surface area contributed by atoms with E-state index >= 15 is 0 Å². The van der Waals surface area contributed by atoms with Crippen molar-refractivity contribution in [2.45, 2.75) is 19.9 Å². The third-order valence-corrected chi connectivity index (χ3v) is 5.14. The van der Waals surface area contributed by atoms with Crippen LogP contribution in [0.25, 0.3) is 0 Å². The number of benzene rings is 1. The lowest BCUT2D eigenvalue weighted by molar-refractivity contribution is 0.0701. The molecule has 0 aliphatic carbocycles. The van der Waals surface area contributed by atoms with E-state index < -0.39 is 12.0 Å². The van der Waals surface area contributed by atoms with E-state index in [1.165, 1.54) is 7.11 Å². The molecule has 0 bridgehead atoms. The number of carbonyl (C=O) groups excluding carboxylic acids is 1. The van der Waals surface area contributed by atoms with Crippen LogP contribution in [0.1, 0.15) is 43.7 Å². The molecule has 1 aromatic heterocycles. The maximum Gasteiger partial charge on any atom is 0.347 e. The summed E-state index contributed by atoms with van der Waals surface area (Å²) in [6, 6.07) is 2.72. The van der Waals surface area contributed by atoms with E-state index in [2.05, 4.69) is 10.3 Å². The van der Waals surface area contributed by atoms with Gasteiger partial charge in [-0.25, -0.2) is 9.78 Å². The number of nitrogens with one attached hydrogen (secondary N) is 1. The van der Waals surface area contributed by atoms with Gasteiger partial charge in [0.2, 0.25) is 5.75 Å². The normalized spacial score (nSPS) is 13.8. The number of thiazole rings is 1. The highest BCUT2D eigenvalue weighted by molar-refractivity contribution is 7.13. The van der Waals surface area contributed by atoms with Crippen molar-refractivity contribution in [3.05, 3.63) is 33.3 Å². The summed E-state index contributed by atoms with van der Waals surface area (Å²) < 4.78 is 16.3. The molecular formula is C17H18N2O6S. The van der Waals surface area contributed by atoms with Crippen molar-refractivity contribution in [3.8, 4) is 17.2 Å². The molecule has 0 spiro atoms. The Morgan fingerprint density at radius 1 is 1.35 bits per heavy atom. The SMILES string of the molecule is COc1cc(C(=O)NC(C)c2nc(C)c(C(=O)O)s2)cc2c1OCCO2. The number of carboxylic acid groups (broad SMARTS) is 1. The molecule has 0 saturated heterocycles. The van der Waals surface area contributed by atoms with Gasteiger partial charge in [0, 0.05) is 5.56 Å². The zero-order valence-electron chi connectivity index (χ0n) is 14.5. The van der Waals surface area contributed by atoms with Crippen LogP contribution < -0.4 is 19.5 Å². The second-order valence-corrected chi connectivity index (χ2v) is 6.70. The number of amides is 1. The predicted molar refractivity (Wildman–Crippen MR) is 93.7 cm³/mol. The average molecular weight is 378 g/mol. The second-order valence-electron chi connectivity index (χ2n) is 5.67. The topological polar surface area (TPSA) is 107 Å². The monoisotopic (exact) mass is 378 g/mol. The lowest BCUT2D eigenvalue weighted by Gasteiger charge is -2.21. The van der Waals surface area contributed by atoms with E-state index in [4.69, 9.17) is 19.3 Å². The molecule has 1 aromatic carbocycles. The van der Waals surface area contributed by atoms with E-state index in [1.54, 1.807) is 26.0 Å². The van der Waals surface area contributed by atoms with Crippen molar-refractivity contribution < 1.29 is 28.9 Å². The minimum absolute atomic E-state index is 0.169. The molecule has 9 heteroatoms. The molecule has 1 aliphatic rings. The molecule has 0 saturated carbocycles. The molecule has 2 N–H and O–H groups in total. The number of aromatic carboxylic acids is 1. The van der Waals surface area contributed by atoms with Crippen molar-refractivity contribution in [1.82, 2.24) is 10.3 Å². The molecule has 1 aliphatic heterocycles. The average Bonchev–Trinajstić information content (AvgIpc) is 3.02. The number of nitrogens with zero attached hydrogens (tertiary/aromatic N) is 1. The van der Waals surface area contributed by atoms with Crippen LogP contribution in [0, 0.1) is 6.92 Å². The number of methoxy groups -OCH3 is 1. The number of aromatic nitrogens is 1. The standard InChI is InChI=1S/C17H18N2O6S/c1-8-14(17(21)22)26-16(19-8)9(2)18-15(20)10-6-11(23-3)13-12(7-10)24-4-5-25-13/h6-7,9H,4-5H2,1-3H3,(H,18,20)(H,21,22). The van der Waals surface area contributed by atoms with Gasteiger partial charge in [0.25, 0.3) is 5.91 Å². The summed E-state index contributed by atoms with van der Waals surface area (Å²) in [5.41, 5.74) is 0.782. The van der Waals surface area contributed by atoms with Crippen molar-refractivity contribution in [2.75, 3.05) is 20.3 Å². The number of ether oxygens (including phenoxy) is 3. The van der Waals surface area contributed by atoms with Crippen LogP contribution in [0.4, 0.5) is 0 Å². The Kier molecular flexibility index (Phi) is 4.99. The Morgan fingerprint density at radius 2 is 2.08 bits per heavy atom. The van der Waals surface area contributed by atoms with Gasteiger partial charge in [0.1, 0.15) is 23.1 Å². The summed E-state index contributed by atoms with van der Waals surface area (Å²) in [5, 5.41) is 12.5. The summed E-state index contributed by atoms with van der Waals surface area (Å²) in [4.78, 5) is 28.2. The smallest absolute Gasteiger partial charge is 0.347 e. The highest BCUT2D eigenvalue weighted by atomic mass is 32.1. The zero-order valence-corrected chi connectivity index (χ0v) is 15.3. The minimum Gasteiger partial charge on any atom is -0.493 e. The van der Waals surface area contributed by atoms with E-state index in [0.717, 1.165) is 11.3 Å². The minimum atomic E-state index is -1.03. The van der Waals surface area contributed by atoms with Gasteiger partial charge in [0.05, 0.1) is 18.8 Å². The first-order valence-electron chi connectivity index (χ1n) is 7.89. The third kappa shape index (κ3) is 3.43. The first-order chi connectivity index (χ1) is 12.4. The quantitative estimate of drug-likeness (QED) is 0.823. The molecule has 8 nitrogen and oxygen atoms in total. The van der Waals surface area contributed by atoms with Crippen LogP contribution in [-0.4, -0.2) is 42.3 Å². The fraction of sp³-hybridized carbons (Fsp3) is 0.353. The molecule has 1 atom stereocenters. The van der Waals surface area contributed by atoms with Crippen LogP contribution >= 0.6 is 11.3 Å². The van der Waals surface area contributed by atoms with Crippen LogP contribution in [0.15, 0.2) is 12.1 Å². The van der Waals surface area contributed by atoms with Gasteiger partial charge < -0.3 is 24.6 Å². The maximum absolute atomic E-state index is 12.6. The number of hydrogen-bond acceptors (Lipinski definition) is 7. The summed E-state index contributed by atoms with van der Waals surface area (Å²) in [7, 11) is 1.49. The van der Waals surface area contributed by atoms with Crippen molar-refractivity contribution in [2.24, 2.45) is 0 Å². The number of carboxylic acids is 1. The van der Waals surface area contributed by atoms with Crippen molar-refractivity contribution in [3.63, 3.8) is 0 Å². The highest BCUT2D eigenvalue weighted by Crippen LogP contribution is 2.40. The van der Waals surface area contributed by atoms with Gasteiger partial charge in [-0.05, 0) is 26.0 Å². The lowest BCUT2D eigenvalue weighted by atomic mass is 10.1. The Bertz CT molecular complexity index is 846. The number of aryl methyl sites for hydroxylation is 1. The largest absolute Gasteiger partial charge is 0.493 e. The zero-order chi connectivity index (χ0) is 18.8. The molecule has 138 valence electrons. The number of rotatable bonds is 5. The Morgan fingerprint density at radius 3 is 2.73 bits per heavy atom. The summed E-state index contributed by atoms with van der Waals surface area (Å²) in [6.45, 7) is 4.19. The van der Waals surface area contributed by atoms with E-state index in [1.807, 2.05) is 0 Å². The highest BCUT2D eigenvalue weighted by Gasteiger charge is 2.23. The van der Waals surface area contributed by atoms with Gasteiger partial charge in [-0.1, -0.05) is 0 Å². The Labute approximate surface area is 153 Å². The second kappa shape index (κ2) is 7.20. The first kappa shape index (κ1) is 18.0. The summed E-state index contributed by atoms with van der Waals surface area (Å²) in [5.74, 6) is -0.0335. The van der Waals surface area contributed by atoms with Crippen molar-refractivity contribution >= 4 is 23.2 Å². The van der Waals surface area contributed by atoms with Crippen LogP contribution in [0.5, 0.6) is 17.2 Å². The van der Waals surface area contributed by atoms with E-state index in [-0.39, 0.29) is 10.8 Å². The van der Waals surface area contributed by atoms with Gasteiger partial charge in [-0.15, -0.1) is 11.3 Å². The molecule has 26 heavy (non-hydrogen) atoms. The lowest BCUT2D eigenvalue weighted by Crippen LogP contribution is -2.27. The van der Waals surface area contributed by atoms with E-state index in [9.17, 15) is 9.59 Å². The number of hydrogen-bond donors (Lipinski definition) is 2. The molecule has 1 unspecified atom stereocenters. The fourth-order valence-electron chi connectivity index (χ4n) is 2.55. The Hall–Kier alpha value is -2.81. The summed E-state index contributed by atoms with van der Waals surface area (Å²) >= 11 is 1.05. The maximum atomic E-state index is 12.6. The molecule has 2 aromatic rings. The number of fused-ring (bicyclic) bond motifs is 1. The molecule has 0 fully saturated rings. The van der Waals surface area contributed by atoms with Crippen molar-refractivity contribution in [1.29, 1.82) is 0 Å². The Balaban J connectivity index is 1.81. The first-order valence-corrected chi connectivity index (χ1v) is 8.71. The van der Waals surface area contributed by atoms with Crippen LogP contribution in [0.2, 0.25) is 0 Å². The summed E-state index contributed by atoms with van der Waals surface area (Å²) in [6.07, 6.45) is 0. The molecule has 2 heterocycles. The third-order valence-electron chi connectivity index (χ3n) is 3.82. The van der Waals surface area contributed by atoms with Crippen LogP contribution in [-0.2, 0) is 0 Å². The van der Waals surface area contributed by atoms with Gasteiger partial charge in [-0.3, -0.25) is 4.79 Å². The van der Waals surface area contributed by atoms with E-state index in [0.29, 0.717) is 46.7 Å². The van der Waals surface area contributed by atoms with Crippen LogP contribution in [0.3, 0.4) is 0 Å². The molecular weight excluding hydrogens is 360 g/mol. The fourth-order valence-corrected chi connectivity index (χ4v) is 3.45. The molecule has 1 amide bonds. The van der Waals surface area contributed by atoms with Gasteiger partial charge in [0.15, 0.2) is 11.5 Å². The number of carbonyl (C=O) groups is 2. The predicted octanol–water partition coefficient (Wildman–Crippen LogP) is 2.42. The van der Waals surface area contributed by atoms with Gasteiger partial charge in [-0.2, -0.15) is 0 Å². The molecule has 0 radical (unpaired) electrons. The van der Waals surface area contributed by atoms with Gasteiger partial charge >= 0.3 is 5.97 Å². The molecule has 3 rings (SSSR count).